The molecule has 0 amide bonds. The lowest BCUT2D eigenvalue weighted by Gasteiger charge is -2.47. The predicted octanol–water partition coefficient (Wildman–Crippen LogP) is 3.94. The van der Waals surface area contributed by atoms with Gasteiger partial charge in [0.2, 0.25) is 0 Å². The number of hydrogen-bond acceptors (Lipinski definition) is 2. The molecule has 0 saturated heterocycles. The average Bonchev–Trinajstić information content (AvgIpc) is 2.33. The molecule has 0 unspecified atom stereocenters. The Labute approximate surface area is 117 Å². The van der Waals surface area contributed by atoms with Crippen LogP contribution in [0, 0.1) is 17.8 Å². The minimum absolute atomic E-state index is 0.106. The molecule has 0 heterocycles. The number of benzene rings is 1. The molecular weight excluding hydrogens is 234 g/mol. The molecule has 0 bridgehead atoms. The number of ether oxygens (including phenoxy) is 1. The molecule has 0 radical (unpaired) electrons. The van der Waals surface area contributed by atoms with Gasteiger partial charge in [0, 0.05) is 5.54 Å². The molecule has 1 aromatic rings. The molecule has 1 aliphatic rings. The molecule has 0 aliphatic heterocycles. The lowest BCUT2D eigenvalue weighted by atomic mass is 9.62. The molecule has 1 aromatic carbocycles. The lowest BCUT2D eigenvalue weighted by molar-refractivity contribution is 0.105. The molecule has 0 atom stereocenters. The van der Waals surface area contributed by atoms with E-state index in [0.717, 1.165) is 37.0 Å². The second kappa shape index (κ2) is 5.54. The quantitative estimate of drug-likeness (QED) is 0.871. The maximum atomic E-state index is 6.48. The fraction of sp³-hybridized carbons (Fsp3) is 0.647. The Balaban J connectivity index is 1.96. The highest BCUT2D eigenvalue weighted by Crippen LogP contribution is 2.46. The Morgan fingerprint density at radius 3 is 2.21 bits per heavy atom. The van der Waals surface area contributed by atoms with Crippen molar-refractivity contribution in [2.45, 2.75) is 46.1 Å². The minimum atomic E-state index is -0.106. The number of rotatable bonds is 5. The van der Waals surface area contributed by atoms with E-state index in [2.05, 4.69) is 52.0 Å². The normalized spacial score (nSPS) is 26.6. The van der Waals surface area contributed by atoms with Crippen LogP contribution < -0.4 is 10.5 Å². The average molecular weight is 261 g/mol. The van der Waals surface area contributed by atoms with E-state index >= 15 is 0 Å². The standard InChI is InChI=1S/C17H27NO/c1-12(2)11-19-16-7-5-15(6-8-16)17(18)9-14(10-17)13(3)4/h5-8,12-14H,9-11,18H2,1-4H3. The Bertz CT molecular complexity index is 402. The summed E-state index contributed by atoms with van der Waals surface area (Å²) in [5.41, 5.74) is 7.63. The first kappa shape index (κ1) is 14.4. The predicted molar refractivity (Wildman–Crippen MR) is 80.2 cm³/mol. The molecule has 2 heteroatoms. The summed E-state index contributed by atoms with van der Waals surface area (Å²) < 4.78 is 5.71. The molecular formula is C17H27NO. The van der Waals surface area contributed by atoms with Crippen LogP contribution in [0.2, 0.25) is 0 Å². The van der Waals surface area contributed by atoms with Gasteiger partial charge in [-0.05, 0) is 48.3 Å². The van der Waals surface area contributed by atoms with E-state index in [1.165, 1.54) is 5.56 Å². The summed E-state index contributed by atoms with van der Waals surface area (Å²) >= 11 is 0. The summed E-state index contributed by atoms with van der Waals surface area (Å²) in [6.07, 6.45) is 2.22. The maximum absolute atomic E-state index is 6.48. The van der Waals surface area contributed by atoms with Gasteiger partial charge in [0.1, 0.15) is 5.75 Å². The van der Waals surface area contributed by atoms with E-state index in [1.807, 2.05) is 0 Å². The summed E-state index contributed by atoms with van der Waals surface area (Å²) in [7, 11) is 0. The van der Waals surface area contributed by atoms with Crippen LogP contribution in [-0.2, 0) is 5.54 Å². The van der Waals surface area contributed by atoms with Crippen molar-refractivity contribution in [2.24, 2.45) is 23.5 Å². The third-order valence-electron chi connectivity index (χ3n) is 4.21. The van der Waals surface area contributed by atoms with Crippen molar-refractivity contribution in [3.63, 3.8) is 0 Å². The first-order valence-electron chi connectivity index (χ1n) is 7.43. The Hall–Kier alpha value is -1.02. The summed E-state index contributed by atoms with van der Waals surface area (Å²) in [5.74, 6) is 3.02. The van der Waals surface area contributed by atoms with E-state index in [0.29, 0.717) is 5.92 Å². The maximum Gasteiger partial charge on any atom is 0.119 e. The van der Waals surface area contributed by atoms with E-state index in [-0.39, 0.29) is 5.54 Å². The molecule has 2 nitrogen and oxygen atoms in total. The van der Waals surface area contributed by atoms with Gasteiger partial charge in [-0.1, -0.05) is 39.8 Å². The molecule has 19 heavy (non-hydrogen) atoms. The van der Waals surface area contributed by atoms with Gasteiger partial charge in [-0.3, -0.25) is 0 Å². The zero-order chi connectivity index (χ0) is 14.0. The van der Waals surface area contributed by atoms with Gasteiger partial charge in [-0.15, -0.1) is 0 Å². The monoisotopic (exact) mass is 261 g/mol. The van der Waals surface area contributed by atoms with Crippen LogP contribution in [0.25, 0.3) is 0 Å². The molecule has 0 aromatic heterocycles. The fourth-order valence-electron chi connectivity index (χ4n) is 2.73. The number of hydrogen-bond donors (Lipinski definition) is 1. The van der Waals surface area contributed by atoms with E-state index < -0.39 is 0 Å². The first-order chi connectivity index (χ1) is 8.90. The van der Waals surface area contributed by atoms with Crippen molar-refractivity contribution in [3.05, 3.63) is 29.8 Å². The Kier molecular flexibility index (Phi) is 4.19. The van der Waals surface area contributed by atoms with Crippen molar-refractivity contribution in [3.8, 4) is 5.75 Å². The molecule has 1 fully saturated rings. The summed E-state index contributed by atoms with van der Waals surface area (Å²) in [6, 6.07) is 8.36. The third-order valence-corrected chi connectivity index (χ3v) is 4.21. The summed E-state index contributed by atoms with van der Waals surface area (Å²) in [4.78, 5) is 0. The second-order valence-electron chi connectivity index (χ2n) is 6.80. The van der Waals surface area contributed by atoms with Crippen LogP contribution in [0.4, 0.5) is 0 Å². The SMILES string of the molecule is CC(C)COc1ccc(C2(N)CC(C(C)C)C2)cc1. The van der Waals surface area contributed by atoms with Crippen molar-refractivity contribution in [2.75, 3.05) is 6.61 Å². The largest absolute Gasteiger partial charge is 0.493 e. The molecule has 1 saturated carbocycles. The molecule has 0 spiro atoms. The van der Waals surface area contributed by atoms with Crippen LogP contribution in [0.1, 0.15) is 46.1 Å². The van der Waals surface area contributed by atoms with Gasteiger partial charge in [-0.2, -0.15) is 0 Å². The van der Waals surface area contributed by atoms with Crippen LogP contribution in [0.3, 0.4) is 0 Å². The smallest absolute Gasteiger partial charge is 0.119 e. The lowest BCUT2D eigenvalue weighted by Crippen LogP contribution is -2.50. The zero-order valence-corrected chi connectivity index (χ0v) is 12.6. The van der Waals surface area contributed by atoms with Gasteiger partial charge in [0.25, 0.3) is 0 Å². The highest BCUT2D eigenvalue weighted by atomic mass is 16.5. The number of nitrogens with two attached hydrogens (primary N) is 1. The molecule has 2 N–H and O–H groups in total. The van der Waals surface area contributed by atoms with Crippen molar-refractivity contribution in [1.82, 2.24) is 0 Å². The van der Waals surface area contributed by atoms with Crippen LogP contribution in [-0.4, -0.2) is 6.61 Å². The van der Waals surface area contributed by atoms with E-state index in [1.54, 1.807) is 0 Å². The minimum Gasteiger partial charge on any atom is -0.493 e. The Morgan fingerprint density at radius 1 is 1.16 bits per heavy atom. The van der Waals surface area contributed by atoms with E-state index in [4.69, 9.17) is 10.5 Å². The van der Waals surface area contributed by atoms with Crippen molar-refractivity contribution < 1.29 is 4.74 Å². The van der Waals surface area contributed by atoms with Crippen molar-refractivity contribution >= 4 is 0 Å². The van der Waals surface area contributed by atoms with Gasteiger partial charge >= 0.3 is 0 Å². The highest BCUT2D eigenvalue weighted by molar-refractivity contribution is 5.33. The summed E-state index contributed by atoms with van der Waals surface area (Å²) in [6.45, 7) is 9.65. The second-order valence-corrected chi connectivity index (χ2v) is 6.80. The first-order valence-corrected chi connectivity index (χ1v) is 7.43. The van der Waals surface area contributed by atoms with Crippen LogP contribution >= 0.6 is 0 Å². The van der Waals surface area contributed by atoms with Crippen molar-refractivity contribution in [1.29, 1.82) is 0 Å². The van der Waals surface area contributed by atoms with Gasteiger partial charge < -0.3 is 10.5 Å². The fourth-order valence-corrected chi connectivity index (χ4v) is 2.73. The Morgan fingerprint density at radius 2 is 1.74 bits per heavy atom. The van der Waals surface area contributed by atoms with Gasteiger partial charge in [0.05, 0.1) is 6.61 Å². The topological polar surface area (TPSA) is 35.2 Å². The van der Waals surface area contributed by atoms with Crippen LogP contribution in [0.15, 0.2) is 24.3 Å². The van der Waals surface area contributed by atoms with Gasteiger partial charge in [0.15, 0.2) is 0 Å². The summed E-state index contributed by atoms with van der Waals surface area (Å²) in [5, 5.41) is 0. The molecule has 1 aliphatic carbocycles. The van der Waals surface area contributed by atoms with Gasteiger partial charge in [-0.25, -0.2) is 0 Å². The zero-order valence-electron chi connectivity index (χ0n) is 12.6. The molecule has 106 valence electrons. The van der Waals surface area contributed by atoms with E-state index in [9.17, 15) is 0 Å². The third kappa shape index (κ3) is 3.30. The van der Waals surface area contributed by atoms with Crippen LogP contribution in [0.5, 0.6) is 5.75 Å². The molecule has 2 rings (SSSR count). The highest BCUT2D eigenvalue weighted by Gasteiger charge is 2.43.